The summed E-state index contributed by atoms with van der Waals surface area (Å²) in [6.07, 6.45) is 4.68. The van der Waals surface area contributed by atoms with Gasteiger partial charge in [0, 0.05) is 24.6 Å². The summed E-state index contributed by atoms with van der Waals surface area (Å²) in [5.41, 5.74) is 2.69. The molecule has 5 rings (SSSR count). The lowest BCUT2D eigenvalue weighted by molar-refractivity contribution is -0.119. The number of benzene rings is 1. The summed E-state index contributed by atoms with van der Waals surface area (Å²) in [7, 11) is 0. The summed E-state index contributed by atoms with van der Waals surface area (Å²) >= 11 is 7.03. The molecule has 2 aliphatic rings. The number of para-hydroxylation sites is 1. The number of amides is 1. The standard InChI is InChI=1S/C23H29ClN8O/c1-14(2)20-19(22(24)31(28-20)16-7-4-3-5-8-16)21(25-13-15-11-12-18(33)26-15)23-27-29-30-32(23)17-9-6-10-17/h3-5,7-8,14-15,17,21,25H,6,9-13H2,1-2H3,(H,26,33)/t15-,21?/m1/s1. The van der Waals surface area contributed by atoms with Crippen LogP contribution in [0.15, 0.2) is 30.3 Å². The van der Waals surface area contributed by atoms with Gasteiger partial charge in [0.1, 0.15) is 5.15 Å². The minimum absolute atomic E-state index is 0.0680. The van der Waals surface area contributed by atoms with Gasteiger partial charge in [-0.1, -0.05) is 43.6 Å². The van der Waals surface area contributed by atoms with Crippen molar-refractivity contribution in [2.75, 3.05) is 6.54 Å². The highest BCUT2D eigenvalue weighted by Crippen LogP contribution is 2.38. The van der Waals surface area contributed by atoms with Crippen LogP contribution in [0.1, 0.15) is 81.0 Å². The van der Waals surface area contributed by atoms with Crippen LogP contribution in [0, 0.1) is 0 Å². The lowest BCUT2D eigenvalue weighted by Gasteiger charge is -2.29. The molecule has 2 atom stereocenters. The number of tetrazole rings is 1. The molecule has 0 bridgehead atoms. The molecule has 1 unspecified atom stereocenters. The van der Waals surface area contributed by atoms with Crippen LogP contribution in [-0.4, -0.2) is 48.5 Å². The molecule has 1 aliphatic carbocycles. The Morgan fingerprint density at radius 1 is 1.21 bits per heavy atom. The second-order valence-electron chi connectivity index (χ2n) is 9.20. The van der Waals surface area contributed by atoms with Crippen LogP contribution >= 0.6 is 11.6 Å². The van der Waals surface area contributed by atoms with E-state index in [1.54, 1.807) is 4.68 Å². The molecule has 10 heteroatoms. The molecule has 9 nitrogen and oxygen atoms in total. The Morgan fingerprint density at radius 2 is 2.00 bits per heavy atom. The van der Waals surface area contributed by atoms with E-state index in [1.807, 2.05) is 35.0 Å². The normalized spacial score (nSPS) is 19.6. The Labute approximate surface area is 197 Å². The third-order valence-corrected chi connectivity index (χ3v) is 6.94. The lowest BCUT2D eigenvalue weighted by Crippen LogP contribution is -2.39. The number of rotatable bonds is 8. The van der Waals surface area contributed by atoms with Crippen molar-refractivity contribution in [2.24, 2.45) is 0 Å². The first kappa shape index (κ1) is 22.0. The molecule has 1 saturated heterocycles. The van der Waals surface area contributed by atoms with Gasteiger partial charge < -0.3 is 10.6 Å². The van der Waals surface area contributed by atoms with E-state index in [1.165, 1.54) is 6.42 Å². The van der Waals surface area contributed by atoms with Crippen molar-refractivity contribution in [3.8, 4) is 5.69 Å². The van der Waals surface area contributed by atoms with Crippen molar-refractivity contribution >= 4 is 17.5 Å². The molecule has 1 saturated carbocycles. The van der Waals surface area contributed by atoms with Crippen LogP contribution in [0.25, 0.3) is 5.69 Å². The molecular formula is C23H29ClN8O. The first-order valence-electron chi connectivity index (χ1n) is 11.7. The molecule has 3 aromatic rings. The van der Waals surface area contributed by atoms with E-state index >= 15 is 0 Å². The van der Waals surface area contributed by atoms with Crippen molar-refractivity contribution in [3.63, 3.8) is 0 Å². The highest BCUT2D eigenvalue weighted by molar-refractivity contribution is 6.30. The topological polar surface area (TPSA) is 103 Å². The zero-order valence-corrected chi connectivity index (χ0v) is 19.7. The lowest BCUT2D eigenvalue weighted by atomic mass is 9.92. The zero-order valence-electron chi connectivity index (χ0n) is 18.9. The molecule has 3 heterocycles. The molecule has 2 fully saturated rings. The number of hydrogen-bond acceptors (Lipinski definition) is 6. The van der Waals surface area contributed by atoms with Gasteiger partial charge in [-0.25, -0.2) is 9.36 Å². The van der Waals surface area contributed by atoms with Gasteiger partial charge in [0.15, 0.2) is 5.82 Å². The summed E-state index contributed by atoms with van der Waals surface area (Å²) in [5.74, 6) is 0.974. The molecule has 174 valence electrons. The maximum absolute atomic E-state index is 11.7. The molecular weight excluding hydrogens is 440 g/mol. The van der Waals surface area contributed by atoms with Crippen LogP contribution in [-0.2, 0) is 4.79 Å². The van der Waals surface area contributed by atoms with Crippen molar-refractivity contribution in [2.45, 2.75) is 70.0 Å². The van der Waals surface area contributed by atoms with Crippen LogP contribution in [0.2, 0.25) is 5.15 Å². The largest absolute Gasteiger partial charge is 0.352 e. The van der Waals surface area contributed by atoms with Crippen molar-refractivity contribution in [1.29, 1.82) is 0 Å². The fourth-order valence-electron chi connectivity index (χ4n) is 4.55. The Bertz CT molecular complexity index is 1120. The smallest absolute Gasteiger partial charge is 0.220 e. The summed E-state index contributed by atoms with van der Waals surface area (Å²) in [6, 6.07) is 9.91. The second-order valence-corrected chi connectivity index (χ2v) is 9.56. The molecule has 1 aliphatic heterocycles. The average Bonchev–Trinajstić information content (AvgIpc) is 3.48. The third-order valence-electron chi connectivity index (χ3n) is 6.58. The van der Waals surface area contributed by atoms with Gasteiger partial charge in [0.2, 0.25) is 5.91 Å². The minimum Gasteiger partial charge on any atom is -0.352 e. The number of nitrogens with zero attached hydrogens (tertiary/aromatic N) is 6. The van der Waals surface area contributed by atoms with Gasteiger partial charge in [0.05, 0.1) is 23.5 Å². The fraction of sp³-hybridized carbons (Fsp3) is 0.522. The van der Waals surface area contributed by atoms with E-state index in [-0.39, 0.29) is 23.9 Å². The van der Waals surface area contributed by atoms with E-state index in [0.29, 0.717) is 24.2 Å². The van der Waals surface area contributed by atoms with Crippen molar-refractivity contribution in [3.05, 3.63) is 52.6 Å². The molecule has 1 aromatic carbocycles. The number of hydrogen-bond donors (Lipinski definition) is 2. The predicted octanol–water partition coefficient (Wildman–Crippen LogP) is 3.32. The SMILES string of the molecule is CC(C)c1nn(-c2ccccc2)c(Cl)c1C(NC[C@H]1CCC(=O)N1)c1nnnn1C1CCC1. The molecule has 0 radical (unpaired) electrons. The number of carbonyl (C=O) groups is 1. The zero-order chi connectivity index (χ0) is 22.9. The number of nitrogens with one attached hydrogen (secondary N) is 2. The summed E-state index contributed by atoms with van der Waals surface area (Å²) in [4.78, 5) is 11.7. The first-order valence-corrected chi connectivity index (χ1v) is 12.0. The number of aromatic nitrogens is 6. The van der Waals surface area contributed by atoms with Crippen LogP contribution in [0.3, 0.4) is 0 Å². The molecule has 1 amide bonds. The molecule has 2 aromatic heterocycles. The Balaban J connectivity index is 1.58. The Morgan fingerprint density at radius 3 is 2.64 bits per heavy atom. The van der Waals surface area contributed by atoms with Crippen molar-refractivity contribution in [1.82, 2.24) is 40.6 Å². The van der Waals surface area contributed by atoms with Gasteiger partial charge in [-0.3, -0.25) is 4.79 Å². The average molecular weight is 469 g/mol. The van der Waals surface area contributed by atoms with Gasteiger partial charge in [0.25, 0.3) is 0 Å². The van der Waals surface area contributed by atoms with Crippen LogP contribution < -0.4 is 10.6 Å². The van der Waals surface area contributed by atoms with Crippen LogP contribution in [0.5, 0.6) is 0 Å². The monoisotopic (exact) mass is 468 g/mol. The predicted molar refractivity (Wildman–Crippen MR) is 124 cm³/mol. The number of carbonyl (C=O) groups excluding carboxylic acids is 1. The summed E-state index contributed by atoms with van der Waals surface area (Å²) in [6.45, 7) is 4.82. The van der Waals surface area contributed by atoms with E-state index in [4.69, 9.17) is 16.7 Å². The summed E-state index contributed by atoms with van der Waals surface area (Å²) in [5, 5.41) is 24.9. The molecule has 2 N–H and O–H groups in total. The van der Waals surface area contributed by atoms with Gasteiger partial charge in [-0.05, 0) is 54.2 Å². The highest BCUT2D eigenvalue weighted by Gasteiger charge is 2.34. The third kappa shape index (κ3) is 4.27. The maximum atomic E-state index is 11.7. The highest BCUT2D eigenvalue weighted by atomic mass is 35.5. The molecule has 0 spiro atoms. The Kier molecular flexibility index (Phi) is 6.16. The fourth-order valence-corrected chi connectivity index (χ4v) is 4.90. The quantitative estimate of drug-likeness (QED) is 0.525. The maximum Gasteiger partial charge on any atom is 0.220 e. The second kappa shape index (κ2) is 9.23. The van der Waals surface area contributed by atoms with E-state index < -0.39 is 0 Å². The first-order chi connectivity index (χ1) is 16.0. The minimum atomic E-state index is -0.347. The van der Waals surface area contributed by atoms with Gasteiger partial charge >= 0.3 is 0 Å². The molecule has 33 heavy (non-hydrogen) atoms. The summed E-state index contributed by atoms with van der Waals surface area (Å²) < 4.78 is 3.73. The Hall–Kier alpha value is -2.78. The van der Waals surface area contributed by atoms with E-state index in [0.717, 1.165) is 42.0 Å². The van der Waals surface area contributed by atoms with Gasteiger partial charge in [-0.15, -0.1) is 5.10 Å². The van der Waals surface area contributed by atoms with Crippen LogP contribution in [0.4, 0.5) is 0 Å². The van der Waals surface area contributed by atoms with E-state index in [2.05, 4.69) is 40.0 Å². The number of halogens is 1. The van der Waals surface area contributed by atoms with E-state index in [9.17, 15) is 4.79 Å². The van der Waals surface area contributed by atoms with Gasteiger partial charge in [-0.2, -0.15) is 5.10 Å². The van der Waals surface area contributed by atoms with Crippen molar-refractivity contribution < 1.29 is 4.79 Å².